The summed E-state index contributed by atoms with van der Waals surface area (Å²) >= 11 is 0. The first-order valence-electron chi connectivity index (χ1n) is 9.49. The molecule has 0 amide bonds. The quantitative estimate of drug-likeness (QED) is 0.258. The largest absolute Gasteiger partial charge is 0.497 e. The van der Waals surface area contributed by atoms with Crippen LogP contribution in [-0.4, -0.2) is 7.11 Å². The number of halogens is 4. The van der Waals surface area contributed by atoms with Gasteiger partial charge in [0.05, 0.1) is 18.2 Å². The molecule has 0 radical (unpaired) electrons. The van der Waals surface area contributed by atoms with Crippen LogP contribution in [0.2, 0.25) is 0 Å². The first-order valence-corrected chi connectivity index (χ1v) is 9.49. The smallest absolute Gasteiger partial charge is 0.159 e. The number of benzene rings is 4. The molecule has 0 aromatic heterocycles. The molecule has 0 aliphatic heterocycles. The SMILES string of the molecule is COc1ccc(C#Cc2ccc(C#Cc3ccc4cc(F)c(F)cc4c3)c(F)c2)c(F)c1. The summed E-state index contributed by atoms with van der Waals surface area (Å²) in [6.45, 7) is 0. The number of hydrogen-bond donors (Lipinski definition) is 0. The standard InChI is InChI=1S/C27H14F4O/c1-32-23-11-10-20(25(29)16-23)8-4-18-3-7-19(24(28)13-18)6-2-17-5-9-21-14-26(30)27(31)15-22(21)12-17/h3,5,7,9-16H,1H3. The molecule has 4 aromatic rings. The lowest BCUT2D eigenvalue weighted by Crippen LogP contribution is -1.89. The third kappa shape index (κ3) is 4.58. The summed E-state index contributed by atoms with van der Waals surface area (Å²) in [6.07, 6.45) is 0. The van der Waals surface area contributed by atoms with Gasteiger partial charge >= 0.3 is 0 Å². The number of fused-ring (bicyclic) bond motifs is 1. The third-order valence-corrected chi connectivity index (χ3v) is 4.71. The van der Waals surface area contributed by atoms with Gasteiger partial charge in [-0.3, -0.25) is 0 Å². The van der Waals surface area contributed by atoms with Gasteiger partial charge < -0.3 is 4.74 Å². The zero-order valence-corrected chi connectivity index (χ0v) is 16.8. The maximum atomic E-state index is 14.5. The zero-order valence-electron chi connectivity index (χ0n) is 16.8. The van der Waals surface area contributed by atoms with Crippen molar-refractivity contribution in [1.82, 2.24) is 0 Å². The Balaban J connectivity index is 1.57. The lowest BCUT2D eigenvalue weighted by atomic mass is 10.1. The summed E-state index contributed by atoms with van der Waals surface area (Å²) in [4.78, 5) is 0. The van der Waals surface area contributed by atoms with E-state index in [1.165, 1.54) is 31.4 Å². The minimum Gasteiger partial charge on any atom is -0.497 e. The van der Waals surface area contributed by atoms with E-state index in [0.29, 0.717) is 27.6 Å². The Morgan fingerprint density at radius 3 is 1.72 bits per heavy atom. The van der Waals surface area contributed by atoms with Crippen LogP contribution in [-0.2, 0) is 0 Å². The Hall–Kier alpha value is -4.22. The van der Waals surface area contributed by atoms with Gasteiger partial charge in [-0.05, 0) is 65.4 Å². The van der Waals surface area contributed by atoms with Crippen LogP contribution < -0.4 is 4.74 Å². The number of ether oxygens (including phenoxy) is 1. The highest BCUT2D eigenvalue weighted by molar-refractivity contribution is 5.84. The van der Waals surface area contributed by atoms with Crippen molar-refractivity contribution in [2.75, 3.05) is 7.11 Å². The van der Waals surface area contributed by atoms with Crippen molar-refractivity contribution in [3.05, 3.63) is 112 Å². The molecule has 0 spiro atoms. The fraction of sp³-hybridized carbons (Fsp3) is 0.0370. The van der Waals surface area contributed by atoms with Gasteiger partial charge in [0.15, 0.2) is 11.6 Å². The molecular weight excluding hydrogens is 416 g/mol. The van der Waals surface area contributed by atoms with Crippen molar-refractivity contribution in [3.8, 4) is 29.4 Å². The second-order valence-electron chi connectivity index (χ2n) is 6.87. The van der Waals surface area contributed by atoms with Gasteiger partial charge in [0, 0.05) is 17.2 Å². The molecule has 0 bridgehead atoms. The molecular formula is C27H14F4O. The van der Waals surface area contributed by atoms with Crippen LogP contribution in [0, 0.1) is 47.0 Å². The minimum absolute atomic E-state index is 0.150. The van der Waals surface area contributed by atoms with Crippen molar-refractivity contribution < 1.29 is 22.3 Å². The second-order valence-corrected chi connectivity index (χ2v) is 6.87. The minimum atomic E-state index is -0.945. The lowest BCUT2D eigenvalue weighted by Gasteiger charge is -2.01. The molecule has 156 valence electrons. The lowest BCUT2D eigenvalue weighted by molar-refractivity contribution is 0.411. The van der Waals surface area contributed by atoms with Gasteiger partial charge in [0.2, 0.25) is 0 Å². The molecule has 0 aliphatic carbocycles. The van der Waals surface area contributed by atoms with E-state index >= 15 is 0 Å². The summed E-state index contributed by atoms with van der Waals surface area (Å²) < 4.78 is 60.1. The van der Waals surface area contributed by atoms with Crippen LogP contribution in [0.4, 0.5) is 17.6 Å². The van der Waals surface area contributed by atoms with E-state index in [4.69, 9.17) is 4.74 Å². The van der Waals surface area contributed by atoms with Crippen molar-refractivity contribution >= 4 is 10.8 Å². The predicted octanol–water partition coefficient (Wildman–Crippen LogP) is 6.20. The molecule has 0 unspecified atom stereocenters. The average molecular weight is 430 g/mol. The molecule has 1 nitrogen and oxygen atoms in total. The van der Waals surface area contributed by atoms with Crippen molar-refractivity contribution in [3.63, 3.8) is 0 Å². The van der Waals surface area contributed by atoms with Crippen LogP contribution in [0.5, 0.6) is 5.75 Å². The molecule has 0 heterocycles. The Morgan fingerprint density at radius 2 is 1.09 bits per heavy atom. The van der Waals surface area contributed by atoms with Crippen LogP contribution in [0.15, 0.2) is 66.7 Å². The first kappa shape index (κ1) is 21.0. The maximum Gasteiger partial charge on any atom is 0.159 e. The molecule has 0 atom stereocenters. The predicted molar refractivity (Wildman–Crippen MR) is 115 cm³/mol. The summed E-state index contributed by atoms with van der Waals surface area (Å²) in [5, 5.41) is 1.03. The Labute approximate surface area is 182 Å². The fourth-order valence-electron chi connectivity index (χ4n) is 3.02. The van der Waals surface area contributed by atoms with Crippen molar-refractivity contribution in [1.29, 1.82) is 0 Å². The molecule has 0 saturated heterocycles. The number of hydrogen-bond acceptors (Lipinski definition) is 1. The summed E-state index contributed by atoms with van der Waals surface area (Å²) in [5.74, 6) is 8.35. The molecule has 0 fully saturated rings. The molecule has 32 heavy (non-hydrogen) atoms. The topological polar surface area (TPSA) is 9.23 Å². The second kappa shape index (κ2) is 8.88. The van der Waals surface area contributed by atoms with Crippen molar-refractivity contribution in [2.24, 2.45) is 0 Å². The van der Waals surface area contributed by atoms with Crippen LogP contribution in [0.1, 0.15) is 22.3 Å². The highest BCUT2D eigenvalue weighted by atomic mass is 19.2. The van der Waals surface area contributed by atoms with Gasteiger partial charge in [0.1, 0.15) is 17.4 Å². The van der Waals surface area contributed by atoms with Crippen LogP contribution in [0.3, 0.4) is 0 Å². The van der Waals surface area contributed by atoms with Gasteiger partial charge in [-0.2, -0.15) is 0 Å². The van der Waals surface area contributed by atoms with Gasteiger partial charge in [0.25, 0.3) is 0 Å². The van der Waals surface area contributed by atoms with Gasteiger partial charge in [-0.15, -0.1) is 0 Å². The number of rotatable bonds is 1. The van der Waals surface area contributed by atoms with Crippen LogP contribution >= 0.6 is 0 Å². The Bertz CT molecular complexity index is 1470. The number of methoxy groups -OCH3 is 1. The van der Waals surface area contributed by atoms with Gasteiger partial charge in [-0.25, -0.2) is 17.6 Å². The molecule has 4 aromatic carbocycles. The highest BCUT2D eigenvalue weighted by Crippen LogP contribution is 2.20. The highest BCUT2D eigenvalue weighted by Gasteiger charge is 2.05. The molecule has 0 saturated carbocycles. The Kier molecular flexibility index (Phi) is 5.83. The van der Waals surface area contributed by atoms with E-state index < -0.39 is 23.3 Å². The third-order valence-electron chi connectivity index (χ3n) is 4.71. The van der Waals surface area contributed by atoms with E-state index in [1.807, 2.05) is 0 Å². The summed E-state index contributed by atoms with van der Waals surface area (Å²) in [6, 6.07) is 15.7. The fourth-order valence-corrected chi connectivity index (χ4v) is 3.02. The Morgan fingerprint density at radius 1 is 0.531 bits per heavy atom. The van der Waals surface area contributed by atoms with E-state index in [-0.39, 0.29) is 11.1 Å². The van der Waals surface area contributed by atoms with E-state index in [2.05, 4.69) is 23.7 Å². The first-order chi connectivity index (χ1) is 15.4. The normalized spacial score (nSPS) is 10.2. The molecule has 0 N–H and O–H groups in total. The average Bonchev–Trinajstić information content (AvgIpc) is 2.78. The summed E-state index contributed by atoms with van der Waals surface area (Å²) in [7, 11) is 1.44. The summed E-state index contributed by atoms with van der Waals surface area (Å²) in [5.41, 5.74) is 1.22. The zero-order chi connectivity index (χ0) is 22.7. The molecule has 4 rings (SSSR count). The van der Waals surface area contributed by atoms with E-state index in [0.717, 1.165) is 12.1 Å². The van der Waals surface area contributed by atoms with Crippen molar-refractivity contribution in [2.45, 2.75) is 0 Å². The molecule has 0 aliphatic rings. The van der Waals surface area contributed by atoms with Crippen LogP contribution in [0.25, 0.3) is 10.8 Å². The maximum absolute atomic E-state index is 14.5. The van der Waals surface area contributed by atoms with Gasteiger partial charge in [-0.1, -0.05) is 29.7 Å². The molecule has 5 heteroatoms. The van der Waals surface area contributed by atoms with E-state index in [1.54, 1.807) is 30.3 Å². The monoisotopic (exact) mass is 430 g/mol. The van der Waals surface area contributed by atoms with E-state index in [9.17, 15) is 17.6 Å².